The fraction of sp³-hybridized carbons (Fsp3) is 0.429. The third-order valence-electron chi connectivity index (χ3n) is 1.41. The van der Waals surface area contributed by atoms with Crippen molar-refractivity contribution in [3.8, 4) is 0 Å². The average Bonchev–Trinajstić information content (AvgIpc) is 2.03. The van der Waals surface area contributed by atoms with Crippen LogP contribution >= 0.6 is 11.6 Å². The minimum atomic E-state index is -0.103. The molecule has 0 aromatic carbocycles. The van der Waals surface area contributed by atoms with Gasteiger partial charge in [0.15, 0.2) is 0 Å². The summed E-state index contributed by atoms with van der Waals surface area (Å²) in [5.74, 6) is 0.611. The maximum atomic E-state index is 5.68. The van der Waals surface area contributed by atoms with Gasteiger partial charge in [0.1, 0.15) is 11.0 Å². The van der Waals surface area contributed by atoms with E-state index in [2.05, 4.69) is 9.97 Å². The van der Waals surface area contributed by atoms with Crippen LogP contribution in [0, 0.1) is 0 Å². The number of nitrogens with zero attached hydrogens (tertiary/aromatic N) is 2. The lowest BCUT2D eigenvalue weighted by atomic mass is 10.2. The smallest absolute Gasteiger partial charge is 0.146 e. The number of hydrogen-bond acceptors (Lipinski definition) is 3. The Balaban J connectivity index is 2.86. The average molecular weight is 172 g/mol. The normalized spacial score (nSPS) is 13.0. The molecule has 0 fully saturated rings. The Morgan fingerprint density at radius 3 is 3.00 bits per heavy atom. The van der Waals surface area contributed by atoms with E-state index in [1.54, 1.807) is 12.3 Å². The van der Waals surface area contributed by atoms with E-state index in [4.69, 9.17) is 17.3 Å². The molecule has 1 aromatic heterocycles. The molecule has 11 heavy (non-hydrogen) atoms. The lowest BCUT2D eigenvalue weighted by Gasteiger charge is -2.05. The fourth-order valence-corrected chi connectivity index (χ4v) is 0.855. The number of halogens is 1. The summed E-state index contributed by atoms with van der Waals surface area (Å²) in [6.45, 7) is 1.98. The third kappa shape index (κ3) is 2.13. The van der Waals surface area contributed by atoms with E-state index in [0.29, 0.717) is 11.0 Å². The van der Waals surface area contributed by atoms with E-state index in [0.717, 1.165) is 6.42 Å². The molecule has 1 unspecified atom stereocenters. The molecule has 0 saturated carbocycles. The van der Waals surface area contributed by atoms with Crippen LogP contribution in [0.15, 0.2) is 12.3 Å². The van der Waals surface area contributed by atoms with Crippen LogP contribution in [0.25, 0.3) is 0 Å². The van der Waals surface area contributed by atoms with E-state index in [-0.39, 0.29) is 6.04 Å². The summed E-state index contributed by atoms with van der Waals surface area (Å²) < 4.78 is 0. The van der Waals surface area contributed by atoms with E-state index in [1.165, 1.54) is 0 Å². The maximum absolute atomic E-state index is 5.68. The standard InChI is InChI=1S/C7H10ClN3/c1-2-5(9)7-10-4-3-6(8)11-7/h3-5H,2,9H2,1H3. The van der Waals surface area contributed by atoms with Crippen LogP contribution in [-0.4, -0.2) is 9.97 Å². The predicted octanol–water partition coefficient (Wildman–Crippen LogP) is 1.54. The highest BCUT2D eigenvalue weighted by Gasteiger charge is 2.05. The first-order valence-corrected chi connectivity index (χ1v) is 3.86. The Bertz CT molecular complexity index is 239. The third-order valence-corrected chi connectivity index (χ3v) is 1.62. The van der Waals surface area contributed by atoms with Gasteiger partial charge in [0.2, 0.25) is 0 Å². The largest absolute Gasteiger partial charge is 0.321 e. The summed E-state index contributed by atoms with van der Waals surface area (Å²) in [6.07, 6.45) is 2.43. The Kier molecular flexibility index (Phi) is 2.79. The summed E-state index contributed by atoms with van der Waals surface area (Å²) in [5, 5.41) is 0.443. The van der Waals surface area contributed by atoms with Crippen LogP contribution < -0.4 is 5.73 Å². The van der Waals surface area contributed by atoms with Crippen molar-refractivity contribution < 1.29 is 0 Å². The predicted molar refractivity (Wildman–Crippen MR) is 44.3 cm³/mol. The monoisotopic (exact) mass is 171 g/mol. The number of aromatic nitrogens is 2. The lowest BCUT2D eigenvalue weighted by molar-refractivity contribution is 0.648. The summed E-state index contributed by atoms with van der Waals surface area (Å²) in [5.41, 5.74) is 5.68. The summed E-state index contributed by atoms with van der Waals surface area (Å²) in [6, 6.07) is 1.53. The summed E-state index contributed by atoms with van der Waals surface area (Å²) in [7, 11) is 0. The van der Waals surface area contributed by atoms with Gasteiger partial charge in [-0.25, -0.2) is 9.97 Å². The molecule has 1 heterocycles. The quantitative estimate of drug-likeness (QED) is 0.687. The minimum Gasteiger partial charge on any atom is -0.321 e. The van der Waals surface area contributed by atoms with Crippen LogP contribution in [0.4, 0.5) is 0 Å². The van der Waals surface area contributed by atoms with Crippen molar-refractivity contribution in [2.24, 2.45) is 5.73 Å². The van der Waals surface area contributed by atoms with Gasteiger partial charge >= 0.3 is 0 Å². The SMILES string of the molecule is CCC(N)c1nccc(Cl)n1. The maximum Gasteiger partial charge on any atom is 0.146 e. The zero-order valence-corrected chi connectivity index (χ0v) is 7.04. The molecule has 0 saturated heterocycles. The molecule has 1 rings (SSSR count). The Labute approximate surface area is 70.6 Å². The topological polar surface area (TPSA) is 51.8 Å². The molecule has 3 nitrogen and oxygen atoms in total. The van der Waals surface area contributed by atoms with Gasteiger partial charge in [-0.05, 0) is 12.5 Å². The Morgan fingerprint density at radius 1 is 1.73 bits per heavy atom. The van der Waals surface area contributed by atoms with Crippen LogP contribution in [0.5, 0.6) is 0 Å². The van der Waals surface area contributed by atoms with Gasteiger partial charge < -0.3 is 5.73 Å². The van der Waals surface area contributed by atoms with Gasteiger partial charge in [0.25, 0.3) is 0 Å². The first kappa shape index (κ1) is 8.43. The molecule has 4 heteroatoms. The molecule has 2 N–H and O–H groups in total. The molecule has 0 spiro atoms. The highest BCUT2D eigenvalue weighted by molar-refractivity contribution is 6.29. The first-order valence-electron chi connectivity index (χ1n) is 3.48. The second-order valence-electron chi connectivity index (χ2n) is 2.25. The highest BCUT2D eigenvalue weighted by atomic mass is 35.5. The second-order valence-corrected chi connectivity index (χ2v) is 2.64. The van der Waals surface area contributed by atoms with Crippen LogP contribution in [0.1, 0.15) is 25.2 Å². The molecule has 0 aliphatic rings. The molecule has 1 atom stereocenters. The van der Waals surface area contributed by atoms with Crippen molar-refractivity contribution >= 4 is 11.6 Å². The summed E-state index contributed by atoms with van der Waals surface area (Å²) in [4.78, 5) is 7.96. The van der Waals surface area contributed by atoms with Crippen molar-refractivity contribution in [2.45, 2.75) is 19.4 Å². The van der Waals surface area contributed by atoms with Crippen molar-refractivity contribution in [3.05, 3.63) is 23.2 Å². The Hall–Kier alpha value is -0.670. The molecule has 0 aliphatic carbocycles. The molecular formula is C7H10ClN3. The number of hydrogen-bond donors (Lipinski definition) is 1. The number of rotatable bonds is 2. The molecule has 0 bridgehead atoms. The fourth-order valence-electron chi connectivity index (χ4n) is 0.712. The second kappa shape index (κ2) is 3.64. The van der Waals surface area contributed by atoms with E-state index in [1.807, 2.05) is 6.92 Å². The number of nitrogens with two attached hydrogens (primary N) is 1. The summed E-state index contributed by atoms with van der Waals surface area (Å²) >= 11 is 5.64. The van der Waals surface area contributed by atoms with Gasteiger partial charge in [-0.15, -0.1) is 0 Å². The highest BCUT2D eigenvalue weighted by Crippen LogP contribution is 2.10. The lowest BCUT2D eigenvalue weighted by Crippen LogP contribution is -2.12. The van der Waals surface area contributed by atoms with Crippen LogP contribution in [0.3, 0.4) is 0 Å². The van der Waals surface area contributed by atoms with Crippen LogP contribution in [-0.2, 0) is 0 Å². The van der Waals surface area contributed by atoms with Gasteiger partial charge in [-0.3, -0.25) is 0 Å². The zero-order chi connectivity index (χ0) is 8.27. The first-order chi connectivity index (χ1) is 5.24. The van der Waals surface area contributed by atoms with Gasteiger partial charge in [-0.2, -0.15) is 0 Å². The van der Waals surface area contributed by atoms with Gasteiger partial charge in [0.05, 0.1) is 6.04 Å². The van der Waals surface area contributed by atoms with Crippen molar-refractivity contribution in [1.82, 2.24) is 9.97 Å². The zero-order valence-electron chi connectivity index (χ0n) is 6.29. The van der Waals surface area contributed by atoms with Crippen LogP contribution in [0.2, 0.25) is 5.15 Å². The van der Waals surface area contributed by atoms with Crippen molar-refractivity contribution in [3.63, 3.8) is 0 Å². The molecular weight excluding hydrogens is 162 g/mol. The van der Waals surface area contributed by atoms with Gasteiger partial charge in [0, 0.05) is 6.20 Å². The van der Waals surface area contributed by atoms with Crippen molar-refractivity contribution in [1.29, 1.82) is 0 Å². The molecule has 1 aromatic rings. The molecule has 0 aliphatic heterocycles. The van der Waals surface area contributed by atoms with E-state index in [9.17, 15) is 0 Å². The molecule has 60 valence electrons. The van der Waals surface area contributed by atoms with E-state index >= 15 is 0 Å². The van der Waals surface area contributed by atoms with Crippen molar-refractivity contribution in [2.75, 3.05) is 0 Å². The minimum absolute atomic E-state index is 0.103. The van der Waals surface area contributed by atoms with Gasteiger partial charge in [-0.1, -0.05) is 18.5 Å². The molecule has 0 radical (unpaired) electrons. The molecule has 0 amide bonds. The van der Waals surface area contributed by atoms with E-state index < -0.39 is 0 Å². The Morgan fingerprint density at radius 2 is 2.45 bits per heavy atom.